The molecule has 8 heteroatoms. The minimum atomic E-state index is -4.60. The van der Waals surface area contributed by atoms with Gasteiger partial charge in [-0.25, -0.2) is 4.99 Å². The first-order valence-corrected chi connectivity index (χ1v) is 9.71. The zero-order chi connectivity index (χ0) is 22.2. The van der Waals surface area contributed by atoms with Crippen LogP contribution in [0.1, 0.15) is 16.7 Å². The van der Waals surface area contributed by atoms with Crippen molar-refractivity contribution < 1.29 is 22.6 Å². The maximum Gasteiger partial charge on any atom is 0.419 e. The molecule has 0 amide bonds. The summed E-state index contributed by atoms with van der Waals surface area (Å²) < 4.78 is 51.3. The molecule has 0 fully saturated rings. The van der Waals surface area contributed by atoms with Gasteiger partial charge < -0.3 is 15.2 Å². The lowest BCUT2D eigenvalue weighted by molar-refractivity contribution is -0.138. The minimum absolute atomic E-state index is 0.0263. The van der Waals surface area contributed by atoms with Crippen LogP contribution in [-0.2, 0) is 16.5 Å². The summed E-state index contributed by atoms with van der Waals surface area (Å²) in [5.74, 6) is -0.269. The van der Waals surface area contributed by atoms with Crippen LogP contribution >= 0.6 is 11.6 Å². The molecule has 0 radical (unpaired) electrons. The Morgan fingerprint density at radius 3 is 2.29 bits per heavy atom. The Bertz CT molecular complexity index is 1160. The van der Waals surface area contributed by atoms with Crippen LogP contribution in [0.15, 0.2) is 71.7 Å². The summed E-state index contributed by atoms with van der Waals surface area (Å²) in [6.07, 6.45) is -4.60. The summed E-state index contributed by atoms with van der Waals surface area (Å²) in [6.45, 7) is -0.0263. The fourth-order valence-corrected chi connectivity index (χ4v) is 3.89. The summed E-state index contributed by atoms with van der Waals surface area (Å²) in [6, 6.07) is 18.4. The van der Waals surface area contributed by atoms with Crippen molar-refractivity contribution >= 4 is 17.6 Å². The van der Waals surface area contributed by atoms with Crippen molar-refractivity contribution in [2.45, 2.75) is 11.7 Å². The monoisotopic (exact) mass is 446 g/mol. The number of aliphatic imine (C=N–C) groups is 1. The van der Waals surface area contributed by atoms with E-state index in [0.29, 0.717) is 16.1 Å². The van der Waals surface area contributed by atoms with Crippen LogP contribution in [0.5, 0.6) is 5.75 Å². The highest BCUT2D eigenvalue weighted by Gasteiger charge is 2.43. The summed E-state index contributed by atoms with van der Waals surface area (Å²) in [4.78, 5) is 4.43. The van der Waals surface area contributed by atoms with E-state index in [4.69, 9.17) is 26.8 Å². The molecule has 0 saturated carbocycles. The average Bonchev–Trinajstić information content (AvgIpc) is 3.15. The fourth-order valence-electron chi connectivity index (χ4n) is 3.70. The largest absolute Gasteiger partial charge is 0.496 e. The highest BCUT2D eigenvalue weighted by Crippen LogP contribution is 2.43. The number of nitrogens with two attached hydrogens (primary N) is 1. The normalized spacial score (nSPS) is 18.4. The molecule has 3 aromatic carbocycles. The van der Waals surface area contributed by atoms with E-state index in [2.05, 4.69) is 4.99 Å². The van der Waals surface area contributed by atoms with Gasteiger partial charge in [0.15, 0.2) is 5.54 Å². The summed E-state index contributed by atoms with van der Waals surface area (Å²) >= 11 is 6.12. The number of nitrogens with zero attached hydrogens (tertiary/aromatic N) is 1. The number of hydrogen-bond donors (Lipinski definition) is 1. The van der Waals surface area contributed by atoms with Gasteiger partial charge in [-0.1, -0.05) is 48.0 Å². The summed E-state index contributed by atoms with van der Waals surface area (Å²) in [5.41, 5.74) is 6.32. The number of ether oxygens (including phenoxy) is 2. The first-order chi connectivity index (χ1) is 14.7. The molecule has 0 aliphatic carbocycles. The molecule has 3 aromatic rings. The molecule has 1 aliphatic heterocycles. The van der Waals surface area contributed by atoms with Gasteiger partial charge in [-0.2, -0.15) is 13.2 Å². The van der Waals surface area contributed by atoms with E-state index in [1.807, 2.05) is 36.4 Å². The van der Waals surface area contributed by atoms with E-state index in [0.717, 1.165) is 17.2 Å². The molecule has 1 atom stereocenters. The molecule has 0 saturated heterocycles. The van der Waals surface area contributed by atoms with Crippen LogP contribution < -0.4 is 10.5 Å². The number of halogens is 4. The lowest BCUT2D eigenvalue weighted by atomic mass is 9.82. The van der Waals surface area contributed by atoms with Gasteiger partial charge in [-0.05, 0) is 52.6 Å². The van der Waals surface area contributed by atoms with Gasteiger partial charge in [-0.3, -0.25) is 0 Å². The van der Waals surface area contributed by atoms with E-state index < -0.39 is 17.3 Å². The van der Waals surface area contributed by atoms with Gasteiger partial charge in [0.1, 0.15) is 12.4 Å². The van der Waals surface area contributed by atoms with Gasteiger partial charge in [0.05, 0.1) is 12.7 Å². The van der Waals surface area contributed by atoms with Crippen LogP contribution in [0.25, 0.3) is 11.1 Å². The summed E-state index contributed by atoms with van der Waals surface area (Å²) in [7, 11) is 1.20. The summed E-state index contributed by atoms with van der Waals surface area (Å²) in [5, 5.41) is 0.578. The SMILES string of the molecule is COc1ccc(C2(c3cccc(-c4cccc(Cl)c4)c3)COC(N)=N2)cc1C(F)(F)F. The Hall–Kier alpha value is -3.19. The van der Waals surface area contributed by atoms with Crippen LogP contribution in [0, 0.1) is 0 Å². The van der Waals surface area contributed by atoms with Crippen molar-refractivity contribution in [3.05, 3.63) is 88.4 Å². The molecule has 160 valence electrons. The Labute approximate surface area is 182 Å². The molecule has 1 heterocycles. The van der Waals surface area contributed by atoms with Crippen LogP contribution in [0.2, 0.25) is 5.02 Å². The predicted molar refractivity (Wildman–Crippen MR) is 113 cm³/mol. The van der Waals surface area contributed by atoms with Crippen molar-refractivity contribution in [1.82, 2.24) is 0 Å². The van der Waals surface area contributed by atoms with Crippen molar-refractivity contribution in [3.8, 4) is 16.9 Å². The second kappa shape index (κ2) is 7.81. The number of rotatable bonds is 4. The predicted octanol–water partition coefficient (Wildman–Crippen LogP) is 5.62. The van der Waals surface area contributed by atoms with E-state index in [-0.39, 0.29) is 18.4 Å². The molecule has 1 aliphatic rings. The van der Waals surface area contributed by atoms with Gasteiger partial charge in [0.2, 0.25) is 0 Å². The quantitative estimate of drug-likeness (QED) is 0.565. The molecule has 0 aromatic heterocycles. The Kier molecular flexibility index (Phi) is 5.31. The third kappa shape index (κ3) is 3.93. The fraction of sp³-hybridized carbons (Fsp3) is 0.174. The van der Waals surface area contributed by atoms with E-state index in [1.54, 1.807) is 18.2 Å². The minimum Gasteiger partial charge on any atom is -0.496 e. The standard InChI is InChI=1S/C23H18ClF3N2O2/c1-30-20-9-8-17(12-19(20)23(25,26)27)22(13-31-21(28)29-22)16-6-2-4-14(10-16)15-5-3-7-18(24)11-15/h2-12H,13H2,1H3,(H2,28,29). The first kappa shape index (κ1) is 21.1. The number of alkyl halides is 3. The van der Waals surface area contributed by atoms with E-state index >= 15 is 0 Å². The van der Waals surface area contributed by atoms with E-state index in [1.165, 1.54) is 13.2 Å². The maximum absolute atomic E-state index is 13.6. The molecular weight excluding hydrogens is 429 g/mol. The lowest BCUT2D eigenvalue weighted by Crippen LogP contribution is -2.28. The maximum atomic E-state index is 13.6. The van der Waals surface area contributed by atoms with Crippen molar-refractivity contribution in [2.24, 2.45) is 10.7 Å². The van der Waals surface area contributed by atoms with Crippen molar-refractivity contribution in [3.63, 3.8) is 0 Å². The third-order valence-electron chi connectivity index (χ3n) is 5.21. The first-order valence-electron chi connectivity index (χ1n) is 9.33. The Morgan fingerprint density at radius 1 is 1.00 bits per heavy atom. The smallest absolute Gasteiger partial charge is 0.419 e. The van der Waals surface area contributed by atoms with Crippen molar-refractivity contribution in [1.29, 1.82) is 0 Å². The molecule has 4 rings (SSSR count). The highest BCUT2D eigenvalue weighted by atomic mass is 35.5. The second-order valence-electron chi connectivity index (χ2n) is 7.10. The average molecular weight is 447 g/mol. The zero-order valence-corrected chi connectivity index (χ0v) is 17.2. The van der Waals surface area contributed by atoms with Crippen LogP contribution in [-0.4, -0.2) is 19.7 Å². The van der Waals surface area contributed by atoms with Gasteiger partial charge in [-0.15, -0.1) is 0 Å². The number of hydrogen-bond acceptors (Lipinski definition) is 4. The van der Waals surface area contributed by atoms with Crippen LogP contribution in [0.3, 0.4) is 0 Å². The highest BCUT2D eigenvalue weighted by molar-refractivity contribution is 6.30. The van der Waals surface area contributed by atoms with E-state index in [9.17, 15) is 13.2 Å². The molecule has 4 nitrogen and oxygen atoms in total. The van der Waals surface area contributed by atoms with Crippen LogP contribution in [0.4, 0.5) is 13.2 Å². The van der Waals surface area contributed by atoms with Crippen molar-refractivity contribution in [2.75, 3.05) is 13.7 Å². The molecular formula is C23H18ClF3N2O2. The molecule has 1 unspecified atom stereocenters. The Balaban J connectivity index is 1.89. The zero-order valence-electron chi connectivity index (χ0n) is 16.4. The number of methoxy groups -OCH3 is 1. The number of amidine groups is 1. The van der Waals surface area contributed by atoms with Gasteiger partial charge in [0.25, 0.3) is 6.02 Å². The molecule has 2 N–H and O–H groups in total. The molecule has 0 spiro atoms. The Morgan fingerprint density at radius 2 is 1.68 bits per heavy atom. The third-order valence-corrected chi connectivity index (χ3v) is 5.45. The van der Waals surface area contributed by atoms with Gasteiger partial charge >= 0.3 is 6.18 Å². The lowest BCUT2D eigenvalue weighted by Gasteiger charge is -2.27. The second-order valence-corrected chi connectivity index (χ2v) is 7.54. The topological polar surface area (TPSA) is 56.8 Å². The number of benzene rings is 3. The van der Waals surface area contributed by atoms with Gasteiger partial charge in [0, 0.05) is 5.02 Å². The molecule has 31 heavy (non-hydrogen) atoms. The molecule has 0 bridgehead atoms.